The molecule has 1 N–H and O–H groups in total. The summed E-state index contributed by atoms with van der Waals surface area (Å²) < 4.78 is 25.8. The highest BCUT2D eigenvalue weighted by Gasteiger charge is 2.26. The van der Waals surface area contributed by atoms with Crippen molar-refractivity contribution in [1.82, 2.24) is 9.21 Å². The molecule has 1 aromatic carbocycles. The molecule has 1 saturated heterocycles. The summed E-state index contributed by atoms with van der Waals surface area (Å²) in [5.41, 5.74) is 1.38. The Labute approximate surface area is 151 Å². The van der Waals surface area contributed by atoms with Crippen LogP contribution in [0.25, 0.3) is 0 Å². The van der Waals surface area contributed by atoms with Crippen molar-refractivity contribution in [2.75, 3.05) is 32.5 Å². The third-order valence-corrected chi connectivity index (χ3v) is 6.67. The van der Waals surface area contributed by atoms with E-state index in [4.69, 9.17) is 0 Å². The molecule has 0 saturated carbocycles. The van der Waals surface area contributed by atoms with Crippen LogP contribution in [0.3, 0.4) is 0 Å². The number of likely N-dealkylation sites (tertiary alicyclic amines) is 1. The molecule has 1 amide bonds. The van der Waals surface area contributed by atoms with Gasteiger partial charge in [0.15, 0.2) is 0 Å². The fraction of sp³-hybridized carbons (Fsp3) is 0.611. The highest BCUT2D eigenvalue weighted by atomic mass is 32.2. The van der Waals surface area contributed by atoms with Crippen LogP contribution in [0.15, 0.2) is 23.1 Å². The van der Waals surface area contributed by atoms with E-state index in [1.807, 2.05) is 13.8 Å². The molecule has 140 valence electrons. The first-order valence-corrected chi connectivity index (χ1v) is 10.1. The minimum absolute atomic E-state index is 0.100. The van der Waals surface area contributed by atoms with Gasteiger partial charge >= 0.3 is 0 Å². The quantitative estimate of drug-likeness (QED) is 0.867. The average Bonchev–Trinajstić information content (AvgIpc) is 2.55. The molecule has 1 aromatic rings. The van der Waals surface area contributed by atoms with Crippen molar-refractivity contribution in [1.29, 1.82) is 0 Å². The second-order valence-corrected chi connectivity index (χ2v) is 9.32. The summed E-state index contributed by atoms with van der Waals surface area (Å²) in [7, 11) is -0.542. The Bertz CT molecular complexity index is 731. The number of hydrogen-bond donors (Lipinski definition) is 1. The number of sulfonamides is 1. The highest BCUT2D eigenvalue weighted by Crippen LogP contribution is 2.23. The van der Waals surface area contributed by atoms with Crippen LogP contribution in [0.4, 0.5) is 5.69 Å². The maximum atomic E-state index is 12.7. The molecule has 0 aliphatic carbocycles. The molecule has 25 heavy (non-hydrogen) atoms. The van der Waals surface area contributed by atoms with E-state index < -0.39 is 10.0 Å². The van der Waals surface area contributed by atoms with Crippen molar-refractivity contribution in [2.45, 2.75) is 44.6 Å². The molecule has 2 rings (SSSR count). The van der Waals surface area contributed by atoms with Crippen molar-refractivity contribution >= 4 is 21.6 Å². The van der Waals surface area contributed by atoms with E-state index in [1.165, 1.54) is 30.9 Å². The van der Waals surface area contributed by atoms with Crippen molar-refractivity contribution in [3.63, 3.8) is 0 Å². The van der Waals surface area contributed by atoms with Gasteiger partial charge in [0, 0.05) is 26.3 Å². The highest BCUT2D eigenvalue weighted by molar-refractivity contribution is 7.89. The van der Waals surface area contributed by atoms with E-state index in [0.717, 1.165) is 25.1 Å². The molecule has 2 atom stereocenters. The van der Waals surface area contributed by atoms with Crippen LogP contribution in [0, 0.1) is 12.8 Å². The van der Waals surface area contributed by atoms with Gasteiger partial charge in [-0.1, -0.05) is 13.0 Å². The molecule has 0 radical (unpaired) electrons. The Hall–Kier alpha value is -1.44. The van der Waals surface area contributed by atoms with Gasteiger partial charge in [-0.15, -0.1) is 0 Å². The van der Waals surface area contributed by atoms with E-state index in [-0.39, 0.29) is 16.8 Å². The zero-order valence-electron chi connectivity index (χ0n) is 15.7. The summed E-state index contributed by atoms with van der Waals surface area (Å²) in [5, 5.41) is 2.91. The number of nitrogens with one attached hydrogen (secondary N) is 1. The van der Waals surface area contributed by atoms with Crippen LogP contribution in [0.5, 0.6) is 0 Å². The molecule has 0 aromatic heterocycles. The fourth-order valence-electron chi connectivity index (χ4n) is 3.09. The number of aryl methyl sites for hydroxylation is 1. The van der Waals surface area contributed by atoms with Crippen LogP contribution in [0.2, 0.25) is 0 Å². The van der Waals surface area contributed by atoms with Gasteiger partial charge in [0.05, 0.1) is 10.9 Å². The SMILES string of the molecule is Cc1ccc(S(=O)(=O)N(C)C)cc1NC(=O)[C@H](C)N1CCC[C@@H](C)C1. The Morgan fingerprint density at radius 2 is 2.04 bits per heavy atom. The summed E-state index contributed by atoms with van der Waals surface area (Å²) in [6, 6.07) is 4.58. The third-order valence-electron chi connectivity index (χ3n) is 4.86. The molecule has 6 nitrogen and oxygen atoms in total. The smallest absolute Gasteiger partial charge is 0.242 e. The van der Waals surface area contributed by atoms with Crippen LogP contribution in [-0.2, 0) is 14.8 Å². The van der Waals surface area contributed by atoms with E-state index in [2.05, 4.69) is 17.1 Å². The number of rotatable bonds is 5. The number of carbonyl (C=O) groups excluding carboxylic acids is 1. The van der Waals surface area contributed by atoms with Crippen molar-refractivity contribution in [3.8, 4) is 0 Å². The molecule has 7 heteroatoms. The van der Waals surface area contributed by atoms with Crippen molar-refractivity contribution < 1.29 is 13.2 Å². The van der Waals surface area contributed by atoms with E-state index in [0.29, 0.717) is 11.6 Å². The average molecular weight is 368 g/mol. The maximum absolute atomic E-state index is 12.7. The monoisotopic (exact) mass is 367 g/mol. The summed E-state index contributed by atoms with van der Waals surface area (Å²) in [4.78, 5) is 15.0. The Balaban J connectivity index is 2.17. The number of amides is 1. The van der Waals surface area contributed by atoms with Gasteiger partial charge in [-0.2, -0.15) is 0 Å². The van der Waals surface area contributed by atoms with Gasteiger partial charge in [0.25, 0.3) is 0 Å². The number of nitrogens with zero attached hydrogens (tertiary/aromatic N) is 2. The first-order valence-electron chi connectivity index (χ1n) is 8.71. The molecular weight excluding hydrogens is 338 g/mol. The van der Waals surface area contributed by atoms with E-state index in [9.17, 15) is 13.2 Å². The molecular formula is C18H29N3O3S. The zero-order valence-corrected chi connectivity index (χ0v) is 16.6. The Kier molecular flexibility index (Phi) is 6.24. The fourth-order valence-corrected chi connectivity index (χ4v) is 4.02. The summed E-state index contributed by atoms with van der Waals surface area (Å²) >= 11 is 0. The molecule has 0 spiro atoms. The number of anilines is 1. The predicted molar refractivity (Wildman–Crippen MR) is 100 cm³/mol. The van der Waals surface area contributed by atoms with Crippen molar-refractivity contribution in [2.24, 2.45) is 5.92 Å². The summed E-state index contributed by atoms with van der Waals surface area (Å²) in [6.45, 7) is 7.81. The lowest BCUT2D eigenvalue weighted by Crippen LogP contribution is -2.46. The normalized spacial score (nSPS) is 20.5. The third kappa shape index (κ3) is 4.59. The molecule has 1 fully saturated rings. The van der Waals surface area contributed by atoms with Gasteiger partial charge < -0.3 is 5.32 Å². The molecule has 0 bridgehead atoms. The van der Waals surface area contributed by atoms with E-state index in [1.54, 1.807) is 12.1 Å². The lowest BCUT2D eigenvalue weighted by Gasteiger charge is -2.34. The van der Waals surface area contributed by atoms with Crippen molar-refractivity contribution in [3.05, 3.63) is 23.8 Å². The number of hydrogen-bond acceptors (Lipinski definition) is 4. The maximum Gasteiger partial charge on any atom is 0.242 e. The van der Waals surface area contributed by atoms with Crippen LogP contribution < -0.4 is 5.32 Å². The second kappa shape index (κ2) is 7.85. The van der Waals surface area contributed by atoms with Gasteiger partial charge in [0.2, 0.25) is 15.9 Å². The van der Waals surface area contributed by atoms with Gasteiger partial charge in [-0.05, 0) is 56.8 Å². The first kappa shape index (κ1) is 19.9. The summed E-state index contributed by atoms with van der Waals surface area (Å²) in [5.74, 6) is 0.496. The lowest BCUT2D eigenvalue weighted by atomic mass is 9.99. The largest absolute Gasteiger partial charge is 0.324 e. The molecule has 1 aliphatic rings. The first-order chi connectivity index (χ1) is 11.6. The number of carbonyl (C=O) groups is 1. The Morgan fingerprint density at radius 1 is 1.36 bits per heavy atom. The van der Waals surface area contributed by atoms with Gasteiger partial charge in [0.1, 0.15) is 0 Å². The topological polar surface area (TPSA) is 69.7 Å². The van der Waals surface area contributed by atoms with E-state index >= 15 is 0 Å². The second-order valence-electron chi connectivity index (χ2n) is 7.17. The molecule has 1 heterocycles. The standard InChI is InChI=1S/C18H29N3O3S/c1-13-7-6-10-21(12-13)15(3)18(22)19-17-11-16(9-8-14(17)2)25(23,24)20(4)5/h8-9,11,13,15H,6-7,10,12H2,1-5H3,(H,19,22)/t13-,15+/m1/s1. The predicted octanol–water partition coefficient (Wildman–Crippen LogP) is 2.30. The zero-order chi connectivity index (χ0) is 18.8. The number of piperidine rings is 1. The summed E-state index contributed by atoms with van der Waals surface area (Å²) in [6.07, 6.45) is 2.31. The lowest BCUT2D eigenvalue weighted by molar-refractivity contribution is -0.121. The van der Waals surface area contributed by atoms with Crippen LogP contribution in [0.1, 0.15) is 32.3 Å². The molecule has 0 unspecified atom stereocenters. The van der Waals surface area contributed by atoms with Crippen LogP contribution in [-0.4, -0.2) is 56.8 Å². The minimum Gasteiger partial charge on any atom is -0.324 e. The van der Waals surface area contributed by atoms with Crippen LogP contribution >= 0.6 is 0 Å². The van der Waals surface area contributed by atoms with Gasteiger partial charge in [-0.25, -0.2) is 12.7 Å². The Morgan fingerprint density at radius 3 is 2.64 bits per heavy atom. The van der Waals surface area contributed by atoms with Gasteiger partial charge in [-0.3, -0.25) is 9.69 Å². The number of benzene rings is 1. The minimum atomic E-state index is -3.53. The molecule has 1 aliphatic heterocycles.